The van der Waals surface area contributed by atoms with Gasteiger partial charge in [0.15, 0.2) is 11.0 Å². The van der Waals surface area contributed by atoms with Crippen molar-refractivity contribution < 1.29 is 48.6 Å². The smallest absolute Gasteiger partial charge is 0.789 e. The van der Waals surface area contributed by atoms with Gasteiger partial charge in [-0.05, 0) is 0 Å². The molecule has 0 N–H and O–H groups in total. The summed E-state index contributed by atoms with van der Waals surface area (Å²) in [5.74, 6) is 0. The Bertz CT molecular complexity index is 306. The molecule has 0 aliphatic carbocycles. The summed E-state index contributed by atoms with van der Waals surface area (Å²) in [6.07, 6.45) is 0. The van der Waals surface area contributed by atoms with Crippen LogP contribution in [0.15, 0.2) is 0 Å². The molecule has 4 nitrogen and oxygen atoms in total. The fourth-order valence-electron chi connectivity index (χ4n) is 0.975. The van der Waals surface area contributed by atoms with E-state index in [-0.39, 0.29) is 29.6 Å². The summed E-state index contributed by atoms with van der Waals surface area (Å²) in [6, 6.07) is 0. The van der Waals surface area contributed by atoms with Gasteiger partial charge in [0.05, 0.1) is 0 Å². The zero-order valence-corrected chi connectivity index (χ0v) is 14.0. The summed E-state index contributed by atoms with van der Waals surface area (Å²) in [6.45, 7) is 8.89. The predicted molar refractivity (Wildman–Crippen MR) is 56.5 cm³/mol. The van der Waals surface area contributed by atoms with Crippen LogP contribution in [0.5, 0.6) is 0 Å². The summed E-state index contributed by atoms with van der Waals surface area (Å²) < 4.78 is 11.7. The molecular weight excluding hydrogens is 238 g/mol. The largest absolute Gasteiger partial charge is 1.00 e. The molecule has 0 aliphatic rings. The quantitative estimate of drug-likeness (QED) is 0.458. The van der Waals surface area contributed by atoms with E-state index in [9.17, 15) is 19.0 Å². The Balaban J connectivity index is 0. The molecule has 0 atom stereocenters. The van der Waals surface area contributed by atoms with Gasteiger partial charge in [0.1, 0.15) is 7.37 Å². The van der Waals surface area contributed by atoms with Gasteiger partial charge in [-0.3, -0.25) is 9.59 Å². The third-order valence-corrected chi connectivity index (χ3v) is 4.23. The van der Waals surface area contributed by atoms with Crippen LogP contribution in [0, 0.1) is 10.8 Å². The molecule has 88 valence electrons. The molecule has 0 aromatic rings. The molecular formula is C10H18NaO4P. The van der Waals surface area contributed by atoms with Crippen LogP contribution in [-0.4, -0.2) is 11.0 Å². The molecule has 0 spiro atoms. The van der Waals surface area contributed by atoms with Crippen molar-refractivity contribution in [2.75, 3.05) is 0 Å². The Morgan fingerprint density at radius 3 is 1.19 bits per heavy atom. The van der Waals surface area contributed by atoms with Crippen LogP contribution >= 0.6 is 7.37 Å². The van der Waals surface area contributed by atoms with Gasteiger partial charge < -0.3 is 9.46 Å². The summed E-state index contributed by atoms with van der Waals surface area (Å²) in [7, 11) is -4.65. The summed E-state index contributed by atoms with van der Waals surface area (Å²) in [5.41, 5.74) is -4.07. The minimum atomic E-state index is -4.65. The first-order valence-electron chi connectivity index (χ1n) is 4.72. The molecule has 0 amide bonds. The van der Waals surface area contributed by atoms with E-state index in [1.807, 2.05) is 0 Å². The average Bonchev–Trinajstić information content (AvgIpc) is 1.98. The second-order valence-electron chi connectivity index (χ2n) is 5.66. The monoisotopic (exact) mass is 256 g/mol. The maximum Gasteiger partial charge on any atom is 1.00 e. The van der Waals surface area contributed by atoms with Crippen LogP contribution in [0.3, 0.4) is 0 Å². The van der Waals surface area contributed by atoms with Gasteiger partial charge in [0, 0.05) is 10.8 Å². The molecule has 0 rings (SSSR count). The molecule has 0 saturated heterocycles. The van der Waals surface area contributed by atoms with E-state index in [0.29, 0.717) is 0 Å². The molecule has 0 fully saturated rings. The Labute approximate surface area is 119 Å². The maximum absolute atomic E-state index is 11.7. The van der Waals surface area contributed by atoms with Crippen molar-refractivity contribution in [3.05, 3.63) is 0 Å². The standard InChI is InChI=1S/C10H19O4P.Na/c1-9(2,3)7(11)15(13,14)8(12)10(4,5)6;/h1-6H3,(H,13,14);/q;+1/p-1. The topological polar surface area (TPSA) is 74.3 Å². The Morgan fingerprint density at radius 1 is 0.875 bits per heavy atom. The van der Waals surface area contributed by atoms with E-state index in [4.69, 9.17) is 0 Å². The molecule has 0 aromatic heterocycles. The molecule has 0 saturated carbocycles. The summed E-state index contributed by atoms with van der Waals surface area (Å²) >= 11 is 0. The Kier molecular flexibility index (Phi) is 6.43. The fraction of sp³-hybridized carbons (Fsp3) is 0.800. The van der Waals surface area contributed by atoms with Crippen molar-refractivity contribution in [2.45, 2.75) is 41.5 Å². The van der Waals surface area contributed by atoms with Gasteiger partial charge in [-0.15, -0.1) is 0 Å². The molecule has 6 heteroatoms. The fourth-order valence-corrected chi connectivity index (χ4v) is 2.93. The number of hydrogen-bond acceptors (Lipinski definition) is 4. The number of hydrogen-bond donors (Lipinski definition) is 0. The Hall–Kier alpha value is 0.530. The zero-order valence-electron chi connectivity index (χ0n) is 11.1. The van der Waals surface area contributed by atoms with Crippen molar-refractivity contribution in [2.24, 2.45) is 10.8 Å². The molecule has 16 heavy (non-hydrogen) atoms. The number of carbonyl (C=O) groups is 2. The minimum absolute atomic E-state index is 0. The zero-order chi connectivity index (χ0) is 12.7. The third kappa shape index (κ3) is 4.42. The van der Waals surface area contributed by atoms with E-state index < -0.39 is 29.2 Å². The SMILES string of the molecule is CC(C)(C)C(=O)P(=O)([O-])C(=O)C(C)(C)C.[Na+]. The van der Waals surface area contributed by atoms with Gasteiger partial charge in [-0.25, -0.2) is 0 Å². The van der Waals surface area contributed by atoms with Gasteiger partial charge in [0.2, 0.25) is 0 Å². The number of carbonyl (C=O) groups excluding carboxylic acids is 2. The molecule has 0 heterocycles. The third-order valence-electron chi connectivity index (χ3n) is 1.82. The second kappa shape index (κ2) is 5.45. The van der Waals surface area contributed by atoms with Crippen LogP contribution in [-0.2, 0) is 14.2 Å². The van der Waals surface area contributed by atoms with Crippen LogP contribution in [0.2, 0.25) is 0 Å². The van der Waals surface area contributed by atoms with Crippen molar-refractivity contribution >= 4 is 18.4 Å². The first-order chi connectivity index (χ1) is 6.31. The van der Waals surface area contributed by atoms with Crippen molar-refractivity contribution in [3.63, 3.8) is 0 Å². The maximum atomic E-state index is 11.7. The van der Waals surface area contributed by atoms with E-state index in [0.717, 1.165) is 0 Å². The van der Waals surface area contributed by atoms with Crippen LogP contribution < -0.4 is 34.5 Å². The van der Waals surface area contributed by atoms with Gasteiger partial charge in [-0.1, -0.05) is 41.5 Å². The molecule has 0 aliphatic heterocycles. The van der Waals surface area contributed by atoms with Gasteiger partial charge in [0.25, 0.3) is 0 Å². The average molecular weight is 256 g/mol. The van der Waals surface area contributed by atoms with E-state index in [1.54, 1.807) is 0 Å². The first-order valence-corrected chi connectivity index (χ1v) is 6.35. The Morgan fingerprint density at radius 2 is 1.06 bits per heavy atom. The van der Waals surface area contributed by atoms with Gasteiger partial charge >= 0.3 is 29.6 Å². The summed E-state index contributed by atoms with van der Waals surface area (Å²) in [5, 5.41) is 0. The summed E-state index contributed by atoms with van der Waals surface area (Å²) in [4.78, 5) is 34.8. The number of rotatable bonds is 2. The van der Waals surface area contributed by atoms with E-state index in [2.05, 4.69) is 0 Å². The second-order valence-corrected chi connectivity index (χ2v) is 7.58. The molecule has 0 aromatic carbocycles. The van der Waals surface area contributed by atoms with Crippen molar-refractivity contribution in [1.82, 2.24) is 0 Å². The van der Waals surface area contributed by atoms with E-state index in [1.165, 1.54) is 41.5 Å². The van der Waals surface area contributed by atoms with Crippen molar-refractivity contribution in [1.29, 1.82) is 0 Å². The van der Waals surface area contributed by atoms with Crippen LogP contribution in [0.1, 0.15) is 41.5 Å². The van der Waals surface area contributed by atoms with Crippen LogP contribution in [0.25, 0.3) is 0 Å². The predicted octanol–water partition coefficient (Wildman–Crippen LogP) is -1.23. The molecule has 0 bridgehead atoms. The molecule has 0 unspecified atom stereocenters. The normalized spacial score (nSPS) is 12.9. The molecule has 0 radical (unpaired) electrons. The van der Waals surface area contributed by atoms with Crippen molar-refractivity contribution in [3.8, 4) is 0 Å². The van der Waals surface area contributed by atoms with Gasteiger partial charge in [-0.2, -0.15) is 0 Å². The first kappa shape index (κ1) is 18.9. The van der Waals surface area contributed by atoms with E-state index >= 15 is 0 Å². The minimum Gasteiger partial charge on any atom is -0.789 e. The van der Waals surface area contributed by atoms with Crippen LogP contribution in [0.4, 0.5) is 0 Å².